The molecule has 3 aliphatic rings. The Labute approximate surface area is 349 Å². The van der Waals surface area contributed by atoms with Crippen LogP contribution in [0.2, 0.25) is 0 Å². The number of furan rings is 1. The van der Waals surface area contributed by atoms with Crippen molar-refractivity contribution >= 4 is 49.7 Å². The summed E-state index contributed by atoms with van der Waals surface area (Å²) < 4.78 is 95.3. The number of ketones is 1. The number of nitrogens with one attached hydrogen (secondary N) is 1. The highest BCUT2D eigenvalue weighted by Crippen LogP contribution is 2.57. The number of hydrogen-bond donors (Lipinski definition) is 1. The first-order valence-corrected chi connectivity index (χ1v) is 21.6. The van der Waals surface area contributed by atoms with Crippen LogP contribution in [0.15, 0.2) is 89.9 Å². The lowest BCUT2D eigenvalue weighted by atomic mass is 9.76. The van der Waals surface area contributed by atoms with Crippen LogP contribution in [0.25, 0.3) is 33.5 Å². The fourth-order valence-electron chi connectivity index (χ4n) is 8.34. The molecule has 320 valence electrons. The number of allylic oxidation sites excluding steroid dienone is 1. The standard InChI is InChI=1S/C45H44F4N4O7S/c1-5-27-22-44(27,42(56)52-61(57,58)31-17-18-31)23-35(54)34-21-30(24-53(34)41(55)33(43(2,3)4)20-25-9-8-10-29(46)19-25)59-40-38-37(32-11-6-7-12-36(32)60-38)50-39(51-40)26-13-15-28(16-14-26)45(47,48)49/h5-16,19,27,30-31,33-34H,1,17-18,20-24H2,2-4H3,(H,52,56)/t27-,30-,33-,34+,44-/m1/s1. The van der Waals surface area contributed by atoms with Crippen molar-refractivity contribution in [2.75, 3.05) is 6.54 Å². The lowest BCUT2D eigenvalue weighted by molar-refractivity contribution is -0.144. The maximum absolute atomic E-state index is 14.9. The van der Waals surface area contributed by atoms with Gasteiger partial charge in [-0.2, -0.15) is 18.2 Å². The molecule has 3 heterocycles. The maximum atomic E-state index is 14.9. The third kappa shape index (κ3) is 8.38. The Morgan fingerprint density at radius 1 is 1.03 bits per heavy atom. The summed E-state index contributed by atoms with van der Waals surface area (Å²) in [7, 11) is -3.93. The molecule has 0 radical (unpaired) electrons. The first-order chi connectivity index (χ1) is 28.8. The molecule has 0 bridgehead atoms. The normalized spacial score (nSPS) is 22.3. The fraction of sp³-hybridized carbons (Fsp3) is 0.400. The van der Waals surface area contributed by atoms with Crippen LogP contribution in [-0.4, -0.2) is 64.8 Å². The van der Waals surface area contributed by atoms with E-state index >= 15 is 0 Å². The number of para-hydroxylation sites is 1. The second-order valence-corrected chi connectivity index (χ2v) is 19.4. The van der Waals surface area contributed by atoms with E-state index in [1.807, 2.05) is 20.8 Å². The van der Waals surface area contributed by atoms with E-state index in [1.165, 1.54) is 35.2 Å². The number of benzene rings is 3. The molecule has 2 aromatic heterocycles. The van der Waals surface area contributed by atoms with E-state index < -0.39 is 85.2 Å². The molecule has 1 saturated heterocycles. The Morgan fingerprint density at radius 2 is 1.75 bits per heavy atom. The summed E-state index contributed by atoms with van der Waals surface area (Å²) in [5.74, 6) is -3.40. The van der Waals surface area contributed by atoms with E-state index in [2.05, 4.69) is 21.3 Å². The van der Waals surface area contributed by atoms with E-state index in [9.17, 15) is 40.4 Å². The number of halogens is 4. The van der Waals surface area contributed by atoms with Gasteiger partial charge in [0.25, 0.3) is 5.88 Å². The third-order valence-electron chi connectivity index (χ3n) is 12.1. The van der Waals surface area contributed by atoms with Crippen molar-refractivity contribution in [3.05, 3.63) is 102 Å². The number of carbonyl (C=O) groups excluding carboxylic acids is 3. The van der Waals surface area contributed by atoms with Crippen molar-refractivity contribution in [2.45, 2.75) is 82.9 Å². The molecule has 0 spiro atoms. The number of ether oxygens (including phenoxy) is 1. The second kappa shape index (κ2) is 15.4. The van der Waals surface area contributed by atoms with Gasteiger partial charge in [0.15, 0.2) is 11.6 Å². The van der Waals surface area contributed by atoms with Gasteiger partial charge in [0.2, 0.25) is 27.4 Å². The number of likely N-dealkylation sites (tertiary alicyclic amines) is 1. The van der Waals surface area contributed by atoms with E-state index in [4.69, 9.17) is 9.15 Å². The number of nitrogens with zero attached hydrogens (tertiary/aromatic N) is 3. The Morgan fingerprint density at radius 3 is 2.39 bits per heavy atom. The van der Waals surface area contributed by atoms with Crippen molar-refractivity contribution < 1.29 is 49.5 Å². The van der Waals surface area contributed by atoms with E-state index in [0.717, 1.165) is 12.1 Å². The number of Topliss-reactive ketones (excluding diaryl/α,β-unsaturated/α-hetero) is 1. The van der Waals surface area contributed by atoms with E-state index in [-0.39, 0.29) is 55.1 Å². The topological polar surface area (TPSA) is 149 Å². The molecule has 5 aromatic rings. The summed E-state index contributed by atoms with van der Waals surface area (Å²) in [4.78, 5) is 53.9. The second-order valence-electron chi connectivity index (χ2n) is 17.5. The van der Waals surface area contributed by atoms with Crippen LogP contribution in [-0.2, 0) is 37.0 Å². The lowest BCUT2D eigenvalue weighted by Gasteiger charge is -2.35. The van der Waals surface area contributed by atoms with Gasteiger partial charge in [-0.25, -0.2) is 17.8 Å². The van der Waals surface area contributed by atoms with E-state index in [1.54, 1.807) is 36.4 Å². The quantitative estimate of drug-likeness (QED) is 0.0914. The summed E-state index contributed by atoms with van der Waals surface area (Å²) in [5.41, 5.74) is -1.17. The minimum atomic E-state index is -4.56. The highest BCUT2D eigenvalue weighted by atomic mass is 32.2. The number of sulfonamides is 1. The van der Waals surface area contributed by atoms with Gasteiger partial charge < -0.3 is 14.1 Å². The molecule has 1 aliphatic heterocycles. The van der Waals surface area contributed by atoms with Crippen LogP contribution in [0.4, 0.5) is 17.6 Å². The van der Waals surface area contributed by atoms with Crippen molar-refractivity contribution in [3.63, 3.8) is 0 Å². The van der Waals surface area contributed by atoms with E-state index in [0.29, 0.717) is 34.9 Å². The average molecular weight is 861 g/mol. The number of amides is 2. The molecule has 61 heavy (non-hydrogen) atoms. The Balaban J connectivity index is 1.15. The average Bonchev–Trinajstić information content (AvgIpc) is 4.11. The first kappa shape index (κ1) is 42.1. The monoisotopic (exact) mass is 860 g/mol. The van der Waals surface area contributed by atoms with Crippen molar-refractivity contribution in [1.82, 2.24) is 19.6 Å². The number of carbonyl (C=O) groups is 3. The summed E-state index contributed by atoms with van der Waals surface area (Å²) in [5, 5.41) is -0.0776. The number of fused-ring (bicyclic) bond motifs is 3. The number of alkyl halides is 3. The van der Waals surface area contributed by atoms with Crippen LogP contribution in [0, 0.1) is 28.5 Å². The van der Waals surface area contributed by atoms with Gasteiger partial charge >= 0.3 is 6.18 Å². The first-order valence-electron chi connectivity index (χ1n) is 20.1. The number of aromatic nitrogens is 2. The molecular formula is C45H44F4N4O7S. The SMILES string of the molecule is C=C[C@@H]1C[C@]1(CC(=O)[C@@H]1C[C@@H](Oc2nc(-c3ccc(C(F)(F)F)cc3)nc3c2oc2ccccc23)CN1C(=O)[C@@H](Cc1cccc(F)c1)C(C)(C)C)C(=O)NS(=O)(=O)C1CC1. The summed E-state index contributed by atoms with van der Waals surface area (Å²) in [6.45, 7) is 9.30. The molecule has 2 saturated carbocycles. The molecule has 5 atom stereocenters. The molecule has 1 N–H and O–H groups in total. The van der Waals surface area contributed by atoms with Crippen LogP contribution in [0.1, 0.15) is 64.0 Å². The maximum Gasteiger partial charge on any atom is 0.416 e. The predicted molar refractivity (Wildman–Crippen MR) is 218 cm³/mol. The molecule has 11 nitrogen and oxygen atoms in total. The number of rotatable bonds is 13. The van der Waals surface area contributed by atoms with Crippen LogP contribution < -0.4 is 9.46 Å². The van der Waals surface area contributed by atoms with Gasteiger partial charge in [-0.15, -0.1) is 6.58 Å². The van der Waals surface area contributed by atoms with Crippen molar-refractivity contribution in [1.29, 1.82) is 0 Å². The molecule has 3 fully saturated rings. The van der Waals surface area contributed by atoms with Gasteiger partial charge in [0, 0.05) is 29.7 Å². The van der Waals surface area contributed by atoms with Crippen LogP contribution in [0.5, 0.6) is 5.88 Å². The molecule has 2 aliphatic carbocycles. The highest BCUT2D eigenvalue weighted by Gasteiger charge is 2.61. The fourth-order valence-corrected chi connectivity index (χ4v) is 9.73. The molecule has 8 rings (SSSR count). The summed E-state index contributed by atoms with van der Waals surface area (Å²) in [6, 6.07) is 16.2. The van der Waals surface area contributed by atoms with Crippen LogP contribution in [0.3, 0.4) is 0 Å². The zero-order valence-corrected chi connectivity index (χ0v) is 34.5. The lowest BCUT2D eigenvalue weighted by Crippen LogP contribution is -2.48. The smallest absolute Gasteiger partial charge is 0.416 e. The van der Waals surface area contributed by atoms with Crippen LogP contribution >= 0.6 is 0 Å². The third-order valence-corrected chi connectivity index (χ3v) is 13.9. The molecule has 16 heteroatoms. The molecular weight excluding hydrogens is 817 g/mol. The number of hydrogen-bond acceptors (Lipinski definition) is 9. The van der Waals surface area contributed by atoms with Crippen molar-refractivity contribution in [2.24, 2.45) is 22.7 Å². The predicted octanol–water partition coefficient (Wildman–Crippen LogP) is 8.21. The zero-order chi connectivity index (χ0) is 43.6. The van der Waals surface area contributed by atoms with Crippen molar-refractivity contribution in [3.8, 4) is 17.3 Å². The van der Waals surface area contributed by atoms with Gasteiger partial charge in [0.1, 0.15) is 23.0 Å². The highest BCUT2D eigenvalue weighted by molar-refractivity contribution is 7.90. The van der Waals surface area contributed by atoms with Gasteiger partial charge in [-0.3, -0.25) is 19.1 Å². The Bertz CT molecular complexity index is 2670. The largest absolute Gasteiger partial charge is 0.470 e. The van der Waals surface area contributed by atoms with Gasteiger partial charge in [0.05, 0.1) is 28.8 Å². The van der Waals surface area contributed by atoms with Gasteiger partial charge in [-0.05, 0) is 79.0 Å². The summed E-state index contributed by atoms with van der Waals surface area (Å²) >= 11 is 0. The minimum absolute atomic E-state index is 0.0440. The molecule has 0 unspecified atom stereocenters. The molecule has 2 amide bonds. The summed E-state index contributed by atoms with van der Waals surface area (Å²) in [6.07, 6.45) is -3.16. The Hall–Kier alpha value is -5.64. The van der Waals surface area contributed by atoms with Gasteiger partial charge in [-0.1, -0.05) is 63.2 Å². The zero-order valence-electron chi connectivity index (χ0n) is 33.7. The minimum Gasteiger partial charge on any atom is -0.470 e. The Kier molecular flexibility index (Phi) is 10.6. The molecule has 3 aromatic carbocycles.